The maximum absolute atomic E-state index is 12.2. The van der Waals surface area contributed by atoms with Crippen molar-refractivity contribution in [2.24, 2.45) is 0 Å². The van der Waals surface area contributed by atoms with Gasteiger partial charge in [0.15, 0.2) is 5.11 Å². The normalized spacial score (nSPS) is 14.8. The molecule has 0 spiro atoms. The molecule has 2 N–H and O–H groups in total. The van der Waals surface area contributed by atoms with E-state index in [1.165, 1.54) is 5.56 Å². The molecule has 4 nitrogen and oxygen atoms in total. The minimum Gasteiger partial charge on any atom is -0.381 e. The number of anilines is 1. The standard InChI is InChI=1S/C20H22N2O2S/c1-14-7-8-17(15-9-11-24-12-10-15)13-18(14)21-20(25)22-19(23)16-5-3-2-4-6-16/h2-8,13,15H,9-12H2,1H3,(H2,21,22,23,25). The van der Waals surface area contributed by atoms with E-state index in [1.54, 1.807) is 12.1 Å². The van der Waals surface area contributed by atoms with Gasteiger partial charge in [0.2, 0.25) is 0 Å². The topological polar surface area (TPSA) is 50.4 Å². The second-order valence-electron chi connectivity index (χ2n) is 6.24. The van der Waals surface area contributed by atoms with Crippen LogP contribution in [0, 0.1) is 6.92 Å². The lowest BCUT2D eigenvalue weighted by atomic mass is 9.91. The number of aryl methyl sites for hydroxylation is 1. The van der Waals surface area contributed by atoms with E-state index in [1.807, 2.05) is 25.1 Å². The zero-order valence-electron chi connectivity index (χ0n) is 14.2. The molecule has 25 heavy (non-hydrogen) atoms. The van der Waals surface area contributed by atoms with Crippen LogP contribution in [-0.2, 0) is 4.74 Å². The summed E-state index contributed by atoms with van der Waals surface area (Å²) in [5.74, 6) is 0.304. The Bertz CT molecular complexity index is 756. The van der Waals surface area contributed by atoms with E-state index in [-0.39, 0.29) is 5.91 Å². The van der Waals surface area contributed by atoms with Gasteiger partial charge in [0.05, 0.1) is 0 Å². The van der Waals surface area contributed by atoms with Crippen LogP contribution in [0.5, 0.6) is 0 Å². The summed E-state index contributed by atoms with van der Waals surface area (Å²) in [5, 5.41) is 6.20. The van der Waals surface area contributed by atoms with E-state index in [0.717, 1.165) is 37.3 Å². The Morgan fingerprint density at radius 1 is 1.12 bits per heavy atom. The van der Waals surface area contributed by atoms with Gasteiger partial charge < -0.3 is 10.1 Å². The Labute approximate surface area is 153 Å². The number of hydrogen-bond acceptors (Lipinski definition) is 3. The highest BCUT2D eigenvalue weighted by atomic mass is 32.1. The van der Waals surface area contributed by atoms with Crippen LogP contribution in [0.15, 0.2) is 48.5 Å². The van der Waals surface area contributed by atoms with Crippen molar-refractivity contribution in [3.63, 3.8) is 0 Å². The molecule has 1 aliphatic heterocycles. The number of hydrogen-bond donors (Lipinski definition) is 2. The van der Waals surface area contributed by atoms with E-state index in [0.29, 0.717) is 16.6 Å². The number of benzene rings is 2. The number of carbonyl (C=O) groups is 1. The molecule has 0 radical (unpaired) electrons. The second kappa shape index (κ2) is 8.23. The van der Waals surface area contributed by atoms with Gasteiger partial charge in [-0.15, -0.1) is 0 Å². The SMILES string of the molecule is Cc1ccc(C2CCOCC2)cc1NC(=S)NC(=O)c1ccccc1. The Balaban J connectivity index is 1.67. The van der Waals surface area contributed by atoms with Gasteiger partial charge in [-0.1, -0.05) is 30.3 Å². The molecule has 0 bridgehead atoms. The average Bonchev–Trinajstić information content (AvgIpc) is 2.65. The molecule has 2 aromatic carbocycles. The zero-order chi connectivity index (χ0) is 17.6. The highest BCUT2D eigenvalue weighted by Crippen LogP contribution is 2.29. The molecule has 1 fully saturated rings. The van der Waals surface area contributed by atoms with Gasteiger partial charge in [0.25, 0.3) is 5.91 Å². The maximum Gasteiger partial charge on any atom is 0.257 e. The first-order valence-corrected chi connectivity index (χ1v) is 8.90. The number of amides is 1. The average molecular weight is 354 g/mol. The molecule has 0 aliphatic carbocycles. The molecule has 1 heterocycles. The lowest BCUT2D eigenvalue weighted by molar-refractivity contribution is 0.0853. The number of ether oxygens (including phenoxy) is 1. The minimum absolute atomic E-state index is 0.212. The van der Waals surface area contributed by atoms with Crippen LogP contribution in [0.1, 0.15) is 40.2 Å². The van der Waals surface area contributed by atoms with Crippen LogP contribution in [0.25, 0.3) is 0 Å². The monoisotopic (exact) mass is 354 g/mol. The van der Waals surface area contributed by atoms with Crippen LogP contribution < -0.4 is 10.6 Å². The molecular formula is C20H22N2O2S. The molecule has 1 aliphatic rings. The van der Waals surface area contributed by atoms with E-state index in [4.69, 9.17) is 17.0 Å². The summed E-state index contributed by atoms with van der Waals surface area (Å²) in [6.45, 7) is 3.65. The molecule has 0 atom stereocenters. The predicted octanol–water partition coefficient (Wildman–Crippen LogP) is 4.02. The first-order chi connectivity index (χ1) is 12.1. The van der Waals surface area contributed by atoms with E-state index in [9.17, 15) is 4.79 Å². The lowest BCUT2D eigenvalue weighted by Crippen LogP contribution is -2.34. The van der Waals surface area contributed by atoms with Crippen molar-refractivity contribution >= 4 is 28.9 Å². The van der Waals surface area contributed by atoms with Gasteiger partial charge in [-0.25, -0.2) is 0 Å². The van der Waals surface area contributed by atoms with Gasteiger partial charge >= 0.3 is 0 Å². The molecule has 5 heteroatoms. The zero-order valence-corrected chi connectivity index (χ0v) is 15.1. The predicted molar refractivity (Wildman–Crippen MR) is 104 cm³/mol. The van der Waals surface area contributed by atoms with Crippen molar-refractivity contribution < 1.29 is 9.53 Å². The third-order valence-corrected chi connectivity index (χ3v) is 4.67. The molecule has 0 unspecified atom stereocenters. The van der Waals surface area contributed by atoms with E-state index >= 15 is 0 Å². The Morgan fingerprint density at radius 2 is 1.84 bits per heavy atom. The minimum atomic E-state index is -0.212. The highest BCUT2D eigenvalue weighted by Gasteiger charge is 2.17. The molecule has 2 aromatic rings. The molecule has 0 saturated carbocycles. The third kappa shape index (κ3) is 4.65. The van der Waals surface area contributed by atoms with Crippen LogP contribution in [0.4, 0.5) is 5.69 Å². The molecule has 1 amide bonds. The Kier molecular flexibility index (Phi) is 5.79. The van der Waals surface area contributed by atoms with Crippen LogP contribution in [-0.4, -0.2) is 24.2 Å². The summed E-state index contributed by atoms with van der Waals surface area (Å²) < 4.78 is 5.44. The van der Waals surface area contributed by atoms with Crippen molar-refractivity contribution in [1.29, 1.82) is 0 Å². The van der Waals surface area contributed by atoms with Gasteiger partial charge in [0.1, 0.15) is 0 Å². The van der Waals surface area contributed by atoms with Crippen molar-refractivity contribution in [3.05, 3.63) is 65.2 Å². The maximum atomic E-state index is 12.2. The van der Waals surface area contributed by atoms with Crippen molar-refractivity contribution in [2.45, 2.75) is 25.7 Å². The van der Waals surface area contributed by atoms with E-state index < -0.39 is 0 Å². The van der Waals surface area contributed by atoms with E-state index in [2.05, 4.69) is 28.8 Å². The lowest BCUT2D eigenvalue weighted by Gasteiger charge is -2.23. The van der Waals surface area contributed by atoms with Crippen LogP contribution >= 0.6 is 12.2 Å². The molecule has 130 valence electrons. The van der Waals surface area contributed by atoms with Gasteiger partial charge in [-0.2, -0.15) is 0 Å². The first-order valence-electron chi connectivity index (χ1n) is 8.49. The number of rotatable bonds is 3. The fourth-order valence-electron chi connectivity index (χ4n) is 2.98. The van der Waals surface area contributed by atoms with Gasteiger partial charge in [0, 0.05) is 24.5 Å². The fourth-order valence-corrected chi connectivity index (χ4v) is 3.18. The largest absolute Gasteiger partial charge is 0.381 e. The third-order valence-electron chi connectivity index (χ3n) is 4.47. The number of nitrogens with one attached hydrogen (secondary N) is 2. The summed E-state index contributed by atoms with van der Waals surface area (Å²) >= 11 is 5.31. The van der Waals surface area contributed by atoms with Gasteiger partial charge in [-0.3, -0.25) is 10.1 Å². The molecular weight excluding hydrogens is 332 g/mol. The van der Waals surface area contributed by atoms with Crippen molar-refractivity contribution in [1.82, 2.24) is 5.32 Å². The Hall–Kier alpha value is -2.24. The highest BCUT2D eigenvalue weighted by molar-refractivity contribution is 7.80. The summed E-state index contributed by atoms with van der Waals surface area (Å²) in [6.07, 6.45) is 2.08. The molecule has 1 saturated heterocycles. The first kappa shape index (κ1) is 17.6. The summed E-state index contributed by atoms with van der Waals surface area (Å²) in [6, 6.07) is 15.4. The number of thiocarbonyl (C=S) groups is 1. The summed E-state index contributed by atoms with van der Waals surface area (Å²) in [7, 11) is 0. The molecule has 3 rings (SSSR count). The summed E-state index contributed by atoms with van der Waals surface area (Å²) in [4.78, 5) is 12.2. The van der Waals surface area contributed by atoms with Crippen molar-refractivity contribution in [2.75, 3.05) is 18.5 Å². The van der Waals surface area contributed by atoms with Gasteiger partial charge in [-0.05, 0) is 67.2 Å². The van der Waals surface area contributed by atoms with Crippen molar-refractivity contribution in [3.8, 4) is 0 Å². The smallest absolute Gasteiger partial charge is 0.257 e. The quantitative estimate of drug-likeness (QED) is 0.818. The van der Waals surface area contributed by atoms with Crippen LogP contribution in [0.2, 0.25) is 0 Å². The summed E-state index contributed by atoms with van der Waals surface area (Å²) in [5.41, 5.74) is 3.89. The second-order valence-corrected chi connectivity index (χ2v) is 6.64. The van der Waals surface area contributed by atoms with Crippen LogP contribution in [0.3, 0.4) is 0 Å². The number of carbonyl (C=O) groups excluding carboxylic acids is 1. The Morgan fingerprint density at radius 3 is 2.56 bits per heavy atom. The fraction of sp³-hybridized carbons (Fsp3) is 0.300. The molecule has 0 aromatic heterocycles.